The molecule has 1 N–H and O–H groups in total. The molecule has 0 saturated carbocycles. The van der Waals surface area contributed by atoms with Crippen molar-refractivity contribution in [2.24, 2.45) is 0 Å². The van der Waals surface area contributed by atoms with Crippen LogP contribution < -0.4 is 5.32 Å². The topological polar surface area (TPSA) is 37.8 Å². The van der Waals surface area contributed by atoms with Crippen LogP contribution in [-0.2, 0) is 0 Å². The average molecular weight is 386 g/mol. The minimum atomic E-state index is 0.573. The van der Waals surface area contributed by atoms with Gasteiger partial charge in [0.1, 0.15) is 17.0 Å². The van der Waals surface area contributed by atoms with Crippen LogP contribution >= 0.6 is 34.5 Å². The third-order valence-electron chi connectivity index (χ3n) is 3.86. The van der Waals surface area contributed by atoms with Gasteiger partial charge in [-0.3, -0.25) is 0 Å². The van der Waals surface area contributed by atoms with Crippen LogP contribution in [0.3, 0.4) is 0 Å². The van der Waals surface area contributed by atoms with E-state index in [1.807, 2.05) is 12.1 Å². The van der Waals surface area contributed by atoms with E-state index in [0.717, 1.165) is 32.8 Å². The zero-order valence-electron chi connectivity index (χ0n) is 13.3. The highest BCUT2D eigenvalue weighted by atomic mass is 35.5. The monoisotopic (exact) mass is 385 g/mol. The van der Waals surface area contributed by atoms with Gasteiger partial charge in [0.25, 0.3) is 0 Å². The van der Waals surface area contributed by atoms with Crippen molar-refractivity contribution < 1.29 is 0 Å². The Labute approximate surface area is 159 Å². The highest BCUT2D eigenvalue weighted by molar-refractivity contribution is 7.17. The lowest BCUT2D eigenvalue weighted by molar-refractivity contribution is 1.23. The van der Waals surface area contributed by atoms with Crippen LogP contribution in [0.15, 0.2) is 54.2 Å². The molecule has 2 heterocycles. The summed E-state index contributed by atoms with van der Waals surface area (Å²) in [6.45, 7) is 2.08. The lowest BCUT2D eigenvalue weighted by Gasteiger charge is -2.09. The van der Waals surface area contributed by atoms with E-state index in [4.69, 9.17) is 23.2 Å². The molecule has 2 aromatic carbocycles. The van der Waals surface area contributed by atoms with Gasteiger partial charge in [-0.15, -0.1) is 11.3 Å². The van der Waals surface area contributed by atoms with E-state index in [1.54, 1.807) is 23.7 Å². The fraction of sp³-hybridized carbons (Fsp3) is 0.0526. The number of hydrogen-bond donors (Lipinski definition) is 1. The summed E-state index contributed by atoms with van der Waals surface area (Å²) in [5, 5.41) is 7.57. The van der Waals surface area contributed by atoms with E-state index in [9.17, 15) is 0 Å². The molecule has 0 aliphatic rings. The van der Waals surface area contributed by atoms with E-state index >= 15 is 0 Å². The van der Waals surface area contributed by atoms with Gasteiger partial charge in [-0.25, -0.2) is 9.97 Å². The van der Waals surface area contributed by atoms with Gasteiger partial charge in [-0.05, 0) is 30.7 Å². The van der Waals surface area contributed by atoms with E-state index in [2.05, 4.69) is 51.9 Å². The van der Waals surface area contributed by atoms with Gasteiger partial charge in [-0.2, -0.15) is 0 Å². The van der Waals surface area contributed by atoms with Crippen molar-refractivity contribution in [3.8, 4) is 11.1 Å². The molecule has 0 spiro atoms. The molecular weight excluding hydrogens is 373 g/mol. The van der Waals surface area contributed by atoms with Crippen LogP contribution in [0.2, 0.25) is 10.0 Å². The second-order valence-electron chi connectivity index (χ2n) is 5.70. The van der Waals surface area contributed by atoms with Crippen molar-refractivity contribution in [3.63, 3.8) is 0 Å². The molecule has 0 saturated heterocycles. The largest absolute Gasteiger partial charge is 0.339 e. The molecule has 25 heavy (non-hydrogen) atoms. The summed E-state index contributed by atoms with van der Waals surface area (Å²) in [6, 6.07) is 13.8. The normalized spacial score (nSPS) is 11.0. The number of thiophene rings is 1. The summed E-state index contributed by atoms with van der Waals surface area (Å²) in [7, 11) is 0. The van der Waals surface area contributed by atoms with Crippen molar-refractivity contribution >= 4 is 56.3 Å². The third-order valence-corrected chi connectivity index (χ3v) is 5.18. The summed E-state index contributed by atoms with van der Waals surface area (Å²) >= 11 is 13.8. The molecule has 4 aromatic rings. The van der Waals surface area contributed by atoms with Gasteiger partial charge in [0.05, 0.1) is 5.39 Å². The Morgan fingerprint density at radius 1 is 0.960 bits per heavy atom. The smallest absolute Gasteiger partial charge is 0.143 e. The first-order valence-electron chi connectivity index (χ1n) is 7.62. The molecule has 6 heteroatoms. The Balaban J connectivity index is 1.84. The van der Waals surface area contributed by atoms with E-state index < -0.39 is 0 Å². The molecule has 124 valence electrons. The first-order valence-corrected chi connectivity index (χ1v) is 9.26. The molecule has 0 aliphatic heterocycles. The lowest BCUT2D eigenvalue weighted by Crippen LogP contribution is -1.95. The van der Waals surface area contributed by atoms with Gasteiger partial charge >= 0.3 is 0 Å². The number of anilines is 2. The second-order valence-corrected chi connectivity index (χ2v) is 7.43. The van der Waals surface area contributed by atoms with Crippen LogP contribution in [0.25, 0.3) is 21.3 Å². The fourth-order valence-corrected chi connectivity index (χ4v) is 4.12. The highest BCUT2D eigenvalue weighted by Crippen LogP contribution is 2.38. The van der Waals surface area contributed by atoms with E-state index in [-0.39, 0.29) is 0 Å². The maximum absolute atomic E-state index is 6.10. The number of nitrogens with zero attached hydrogens (tertiary/aromatic N) is 2. The van der Waals surface area contributed by atoms with Crippen LogP contribution in [0.5, 0.6) is 0 Å². The molecule has 0 amide bonds. The van der Waals surface area contributed by atoms with Crippen LogP contribution in [0.1, 0.15) is 5.56 Å². The predicted octanol–water partition coefficient (Wildman–Crippen LogP) is 6.72. The standard InChI is InChI=1S/C19H13Cl2N3S/c1-11-2-4-12(5-3-11)16-9-25-19-17(16)18(22-10-23-19)24-15-7-13(20)6-14(21)8-15/h2-10H,1H3,(H,22,23,24). The Morgan fingerprint density at radius 3 is 2.40 bits per heavy atom. The quantitative estimate of drug-likeness (QED) is 0.425. The SMILES string of the molecule is Cc1ccc(-c2csc3ncnc(Nc4cc(Cl)cc(Cl)c4)c23)cc1. The van der Waals surface area contributed by atoms with Gasteiger partial charge in [0.15, 0.2) is 0 Å². The minimum absolute atomic E-state index is 0.573. The van der Waals surface area contributed by atoms with Crippen molar-refractivity contribution in [2.75, 3.05) is 5.32 Å². The first kappa shape index (κ1) is 16.3. The number of rotatable bonds is 3. The van der Waals surface area contributed by atoms with Crippen LogP contribution in [0.4, 0.5) is 11.5 Å². The average Bonchev–Trinajstić information content (AvgIpc) is 3.00. The Morgan fingerprint density at radius 2 is 1.68 bits per heavy atom. The molecule has 0 unspecified atom stereocenters. The molecule has 0 fully saturated rings. The number of aromatic nitrogens is 2. The van der Waals surface area contributed by atoms with Gasteiger partial charge in [-0.1, -0.05) is 53.0 Å². The number of halogens is 2. The summed E-state index contributed by atoms with van der Waals surface area (Å²) < 4.78 is 0. The summed E-state index contributed by atoms with van der Waals surface area (Å²) in [4.78, 5) is 9.76. The highest BCUT2D eigenvalue weighted by Gasteiger charge is 2.13. The third kappa shape index (κ3) is 3.33. The zero-order valence-corrected chi connectivity index (χ0v) is 15.6. The van der Waals surface area contributed by atoms with Crippen molar-refractivity contribution in [2.45, 2.75) is 6.92 Å². The molecule has 0 radical (unpaired) electrons. The zero-order chi connectivity index (χ0) is 17.4. The number of nitrogens with one attached hydrogen (secondary N) is 1. The summed E-state index contributed by atoms with van der Waals surface area (Å²) in [5.41, 5.74) is 4.26. The number of benzene rings is 2. The maximum Gasteiger partial charge on any atom is 0.143 e. The molecule has 0 atom stereocenters. The van der Waals surface area contributed by atoms with Gasteiger partial charge < -0.3 is 5.32 Å². The molecule has 3 nitrogen and oxygen atoms in total. The van der Waals surface area contributed by atoms with Crippen LogP contribution in [-0.4, -0.2) is 9.97 Å². The molecule has 2 aromatic heterocycles. The molecule has 4 rings (SSSR count). The van der Waals surface area contributed by atoms with E-state index in [0.29, 0.717) is 10.0 Å². The number of aryl methyl sites for hydroxylation is 1. The predicted molar refractivity (Wildman–Crippen MR) is 107 cm³/mol. The summed E-state index contributed by atoms with van der Waals surface area (Å²) in [5.74, 6) is 0.736. The van der Waals surface area contributed by atoms with Gasteiger partial charge in [0.2, 0.25) is 0 Å². The number of hydrogen-bond acceptors (Lipinski definition) is 4. The van der Waals surface area contributed by atoms with E-state index in [1.165, 1.54) is 5.56 Å². The maximum atomic E-state index is 6.10. The van der Waals surface area contributed by atoms with Crippen molar-refractivity contribution in [3.05, 3.63) is 69.8 Å². The summed E-state index contributed by atoms with van der Waals surface area (Å²) in [6.07, 6.45) is 1.56. The molecular formula is C19H13Cl2N3S. The van der Waals surface area contributed by atoms with Gasteiger partial charge in [0, 0.05) is 26.7 Å². The van der Waals surface area contributed by atoms with Crippen molar-refractivity contribution in [1.29, 1.82) is 0 Å². The minimum Gasteiger partial charge on any atom is -0.339 e. The van der Waals surface area contributed by atoms with Crippen molar-refractivity contribution in [1.82, 2.24) is 9.97 Å². The fourth-order valence-electron chi connectivity index (χ4n) is 2.68. The Bertz CT molecular complexity index is 1040. The second kappa shape index (κ2) is 6.64. The Hall–Kier alpha value is -2.14. The lowest BCUT2D eigenvalue weighted by atomic mass is 10.0. The van der Waals surface area contributed by atoms with Crippen LogP contribution in [0, 0.1) is 6.92 Å². The molecule has 0 bridgehead atoms. The Kier molecular flexibility index (Phi) is 4.34. The first-order chi connectivity index (χ1) is 12.1. The number of fused-ring (bicyclic) bond motifs is 1. The molecule has 0 aliphatic carbocycles.